The average Bonchev–Trinajstić information content (AvgIpc) is 3.19. The SMILES string of the molecule is C=C(O)/C=C/O.CC.COc1ccc(-n2c(/C(C)=C/CC(C)C)n[nH]c2=S)c(C)c1N(C)C(C)C. The van der Waals surface area contributed by atoms with Gasteiger partial charge in [0.1, 0.15) is 11.5 Å². The van der Waals surface area contributed by atoms with Crippen molar-refractivity contribution in [2.45, 2.75) is 67.9 Å². The van der Waals surface area contributed by atoms with Crippen LogP contribution in [0.1, 0.15) is 66.3 Å². The van der Waals surface area contributed by atoms with E-state index >= 15 is 0 Å². The zero-order chi connectivity index (χ0) is 27.3. The minimum atomic E-state index is -0.141. The van der Waals surface area contributed by atoms with Crippen LogP contribution in [0.5, 0.6) is 5.75 Å². The number of aliphatic hydroxyl groups is 2. The fourth-order valence-electron chi connectivity index (χ4n) is 3.14. The molecule has 7 nitrogen and oxygen atoms in total. The van der Waals surface area contributed by atoms with E-state index in [1.807, 2.05) is 24.5 Å². The molecule has 196 valence electrons. The number of hydrogen-bond acceptors (Lipinski definition) is 6. The summed E-state index contributed by atoms with van der Waals surface area (Å²) in [4.78, 5) is 2.22. The van der Waals surface area contributed by atoms with Gasteiger partial charge in [-0.2, -0.15) is 5.10 Å². The first-order chi connectivity index (χ1) is 16.5. The van der Waals surface area contributed by atoms with Crippen molar-refractivity contribution in [1.29, 1.82) is 0 Å². The van der Waals surface area contributed by atoms with E-state index in [-0.39, 0.29) is 5.76 Å². The molecular weight excluding hydrogens is 460 g/mol. The normalized spacial score (nSPS) is 11.1. The highest BCUT2D eigenvalue weighted by Gasteiger charge is 2.20. The first-order valence-electron chi connectivity index (χ1n) is 11.9. The number of aromatic nitrogens is 3. The molecule has 0 radical (unpaired) electrons. The molecule has 0 atom stereocenters. The van der Waals surface area contributed by atoms with Crippen molar-refractivity contribution in [2.24, 2.45) is 5.92 Å². The predicted molar refractivity (Wildman–Crippen MR) is 152 cm³/mol. The number of rotatable bonds is 8. The van der Waals surface area contributed by atoms with E-state index in [0.717, 1.165) is 52.8 Å². The van der Waals surface area contributed by atoms with Crippen LogP contribution in [-0.2, 0) is 0 Å². The van der Waals surface area contributed by atoms with E-state index in [1.54, 1.807) is 7.11 Å². The minimum absolute atomic E-state index is 0.141. The summed E-state index contributed by atoms with van der Waals surface area (Å²) in [5.74, 6) is 2.17. The largest absolute Gasteiger partial charge is 0.515 e. The van der Waals surface area contributed by atoms with Crippen LogP contribution in [0, 0.1) is 17.6 Å². The Kier molecular flexibility index (Phi) is 14.5. The van der Waals surface area contributed by atoms with Crippen LogP contribution in [0.15, 0.2) is 42.9 Å². The number of anilines is 1. The fraction of sp³-hybridized carbons (Fsp3) is 0.481. The van der Waals surface area contributed by atoms with E-state index in [9.17, 15) is 0 Å². The van der Waals surface area contributed by atoms with E-state index in [2.05, 4.69) is 82.4 Å². The van der Waals surface area contributed by atoms with Gasteiger partial charge in [0.25, 0.3) is 0 Å². The van der Waals surface area contributed by atoms with Crippen molar-refractivity contribution in [1.82, 2.24) is 14.8 Å². The van der Waals surface area contributed by atoms with Crippen LogP contribution in [-0.4, -0.2) is 45.2 Å². The number of nitrogens with zero attached hydrogens (tertiary/aromatic N) is 3. The van der Waals surface area contributed by atoms with Crippen molar-refractivity contribution in [2.75, 3.05) is 19.1 Å². The van der Waals surface area contributed by atoms with Gasteiger partial charge in [-0.25, -0.2) is 0 Å². The Morgan fingerprint density at radius 1 is 1.29 bits per heavy atom. The number of H-pyrrole nitrogens is 1. The van der Waals surface area contributed by atoms with Gasteiger partial charge in [0.05, 0.1) is 24.7 Å². The molecule has 0 bridgehead atoms. The molecule has 0 spiro atoms. The average molecular weight is 505 g/mol. The maximum Gasteiger partial charge on any atom is 0.200 e. The second kappa shape index (κ2) is 15.8. The van der Waals surface area contributed by atoms with Crippen LogP contribution in [0.25, 0.3) is 11.3 Å². The van der Waals surface area contributed by atoms with Gasteiger partial charge >= 0.3 is 0 Å². The molecule has 8 heteroatoms. The molecule has 1 aromatic heterocycles. The zero-order valence-corrected chi connectivity index (χ0v) is 23.8. The van der Waals surface area contributed by atoms with Gasteiger partial charge in [-0.3, -0.25) is 9.67 Å². The van der Waals surface area contributed by atoms with Crippen molar-refractivity contribution in [3.05, 3.63) is 59.0 Å². The topological polar surface area (TPSA) is 86.5 Å². The van der Waals surface area contributed by atoms with Gasteiger partial charge in [0.15, 0.2) is 10.6 Å². The lowest BCUT2D eigenvalue weighted by Crippen LogP contribution is -2.27. The molecule has 0 aliphatic rings. The number of benzene rings is 1. The second-order valence-corrected chi connectivity index (χ2v) is 8.86. The van der Waals surface area contributed by atoms with Crippen LogP contribution >= 0.6 is 12.2 Å². The predicted octanol–water partition coefficient (Wildman–Crippen LogP) is 7.70. The highest BCUT2D eigenvalue weighted by Crippen LogP contribution is 2.36. The minimum Gasteiger partial charge on any atom is -0.515 e. The molecule has 1 heterocycles. The molecule has 1 aromatic carbocycles. The third kappa shape index (κ3) is 9.28. The molecule has 0 saturated heterocycles. The molecule has 2 rings (SSSR count). The lowest BCUT2D eigenvalue weighted by molar-refractivity contribution is 0.413. The van der Waals surface area contributed by atoms with Crippen LogP contribution in [0.2, 0.25) is 0 Å². The van der Waals surface area contributed by atoms with Crippen molar-refractivity contribution >= 4 is 23.5 Å². The summed E-state index contributed by atoms with van der Waals surface area (Å²) in [6.07, 6.45) is 5.04. The number of methoxy groups -OCH3 is 1. The number of aromatic amines is 1. The zero-order valence-electron chi connectivity index (χ0n) is 23.0. The first-order valence-corrected chi connectivity index (χ1v) is 12.3. The summed E-state index contributed by atoms with van der Waals surface area (Å²) in [6, 6.07) is 4.40. The maximum atomic E-state index is 8.11. The van der Waals surface area contributed by atoms with Crippen LogP contribution < -0.4 is 9.64 Å². The van der Waals surface area contributed by atoms with Crippen LogP contribution in [0.4, 0.5) is 5.69 Å². The van der Waals surface area contributed by atoms with E-state index in [0.29, 0.717) is 16.7 Å². The number of hydrogen-bond donors (Lipinski definition) is 3. The smallest absolute Gasteiger partial charge is 0.200 e. The van der Waals surface area contributed by atoms with Gasteiger partial charge in [-0.1, -0.05) is 40.3 Å². The summed E-state index contributed by atoms with van der Waals surface area (Å²) in [6.45, 7) is 20.0. The third-order valence-corrected chi connectivity index (χ3v) is 5.41. The van der Waals surface area contributed by atoms with E-state index in [4.69, 9.17) is 27.2 Å². The molecular formula is C27H44N4O3S. The standard InChI is InChI=1S/C21H32N4OS.C4H6O2.C2H6/c1-13(2)9-10-15(5)20-22-23-21(27)25(20)17-11-12-18(26-8)19(16(17)6)24(7)14(3)4;1-4(6)2-3-5;1-2/h10-14H,9H2,1-8H3,(H,23,27);2-3,5-6H,1H2;1-2H3/b15-10+;3-2+;. The summed E-state index contributed by atoms with van der Waals surface area (Å²) < 4.78 is 8.24. The summed E-state index contributed by atoms with van der Waals surface area (Å²) >= 11 is 5.56. The van der Waals surface area contributed by atoms with E-state index < -0.39 is 0 Å². The van der Waals surface area contributed by atoms with Gasteiger partial charge < -0.3 is 19.8 Å². The molecule has 0 amide bonds. The summed E-state index contributed by atoms with van der Waals surface area (Å²) in [7, 11) is 3.79. The molecule has 3 N–H and O–H groups in total. The Morgan fingerprint density at radius 2 is 1.89 bits per heavy atom. The Morgan fingerprint density at radius 3 is 2.31 bits per heavy atom. The van der Waals surface area contributed by atoms with Gasteiger partial charge in [-0.05, 0) is 70.0 Å². The first kappa shape index (κ1) is 32.0. The summed E-state index contributed by atoms with van der Waals surface area (Å²) in [5.41, 5.74) is 4.32. The maximum absolute atomic E-state index is 8.11. The molecule has 2 aromatic rings. The Labute approximate surface area is 216 Å². The Hall–Kier alpha value is -3.00. The molecule has 35 heavy (non-hydrogen) atoms. The lowest BCUT2D eigenvalue weighted by atomic mass is 10.1. The number of ether oxygens (including phenoxy) is 1. The van der Waals surface area contributed by atoms with Gasteiger partial charge in [-0.15, -0.1) is 0 Å². The van der Waals surface area contributed by atoms with Crippen LogP contribution in [0.3, 0.4) is 0 Å². The fourth-order valence-corrected chi connectivity index (χ4v) is 3.37. The number of allylic oxidation sites excluding steroid dienone is 3. The van der Waals surface area contributed by atoms with Crippen molar-refractivity contribution < 1.29 is 14.9 Å². The van der Waals surface area contributed by atoms with Gasteiger partial charge in [0, 0.05) is 24.7 Å². The second-order valence-electron chi connectivity index (χ2n) is 8.48. The molecule has 0 aliphatic heterocycles. The molecule has 0 aliphatic carbocycles. The monoisotopic (exact) mass is 504 g/mol. The Bertz CT molecular complexity index is 1050. The molecule has 0 saturated carbocycles. The quantitative estimate of drug-likeness (QED) is 0.194. The molecule has 0 unspecified atom stereocenters. The highest BCUT2D eigenvalue weighted by atomic mass is 32.1. The number of nitrogens with one attached hydrogen (secondary N) is 1. The highest BCUT2D eigenvalue weighted by molar-refractivity contribution is 7.71. The summed E-state index contributed by atoms with van der Waals surface area (Å²) in [5, 5.41) is 23.4. The number of aliphatic hydroxyl groups excluding tert-OH is 2. The van der Waals surface area contributed by atoms with Crippen molar-refractivity contribution in [3.8, 4) is 11.4 Å². The Balaban J connectivity index is 0.00000126. The van der Waals surface area contributed by atoms with Gasteiger partial charge in [0.2, 0.25) is 0 Å². The lowest BCUT2D eigenvalue weighted by Gasteiger charge is -2.28. The van der Waals surface area contributed by atoms with E-state index in [1.165, 1.54) is 0 Å². The third-order valence-electron chi connectivity index (χ3n) is 5.14. The molecule has 0 fully saturated rings. The van der Waals surface area contributed by atoms with Crippen molar-refractivity contribution in [3.63, 3.8) is 0 Å².